The lowest BCUT2D eigenvalue weighted by Gasteiger charge is -2.15. The van der Waals surface area contributed by atoms with Crippen LogP contribution in [0, 0.1) is 6.92 Å². The largest absolute Gasteiger partial charge is 0.573 e. The molecule has 1 rings (SSSR count). The monoisotopic (exact) mass is 250 g/mol. The first-order valence-electron chi connectivity index (χ1n) is 4.44. The fraction of sp³-hybridized carbons (Fsp3) is 0.333. The first kappa shape index (κ1) is 13.2. The summed E-state index contributed by atoms with van der Waals surface area (Å²) in [6.07, 6.45) is -3.96. The standard InChI is InChI=1S/C9H9F3N2O3/c1-4-6(8(15)16)14-3-5(2-13)7(4)17-9(10,11)12/h3H,2,13H2,1H3,(H,15,16). The van der Waals surface area contributed by atoms with Crippen LogP contribution in [0.2, 0.25) is 0 Å². The summed E-state index contributed by atoms with van der Waals surface area (Å²) in [6, 6.07) is 0. The van der Waals surface area contributed by atoms with Gasteiger partial charge < -0.3 is 15.6 Å². The number of halogens is 3. The van der Waals surface area contributed by atoms with Gasteiger partial charge in [-0.15, -0.1) is 13.2 Å². The molecule has 0 aromatic carbocycles. The minimum absolute atomic E-state index is 0.00942. The quantitative estimate of drug-likeness (QED) is 0.847. The van der Waals surface area contributed by atoms with E-state index in [1.54, 1.807) is 0 Å². The van der Waals surface area contributed by atoms with Crippen molar-refractivity contribution in [1.29, 1.82) is 0 Å². The molecular formula is C9H9F3N2O3. The number of hydrogen-bond donors (Lipinski definition) is 2. The number of aromatic nitrogens is 1. The summed E-state index contributed by atoms with van der Waals surface area (Å²) in [6.45, 7) is 0.940. The molecule has 17 heavy (non-hydrogen) atoms. The van der Waals surface area contributed by atoms with Gasteiger partial charge in [0.15, 0.2) is 5.69 Å². The third-order valence-corrected chi connectivity index (χ3v) is 1.98. The van der Waals surface area contributed by atoms with E-state index >= 15 is 0 Å². The lowest BCUT2D eigenvalue weighted by molar-refractivity contribution is -0.275. The van der Waals surface area contributed by atoms with E-state index in [0.717, 1.165) is 6.20 Å². The molecule has 0 atom stereocenters. The van der Waals surface area contributed by atoms with Gasteiger partial charge in [-0.1, -0.05) is 0 Å². The topological polar surface area (TPSA) is 85.4 Å². The number of nitrogens with two attached hydrogens (primary N) is 1. The molecule has 0 bridgehead atoms. The van der Waals surface area contributed by atoms with Crippen molar-refractivity contribution in [2.75, 3.05) is 0 Å². The van der Waals surface area contributed by atoms with Crippen LogP contribution >= 0.6 is 0 Å². The van der Waals surface area contributed by atoms with Gasteiger partial charge in [-0.2, -0.15) is 0 Å². The van der Waals surface area contributed by atoms with Crippen LogP contribution in [-0.4, -0.2) is 22.4 Å². The molecule has 1 aromatic heterocycles. The normalized spacial score (nSPS) is 11.4. The van der Waals surface area contributed by atoms with Crippen molar-refractivity contribution in [2.45, 2.75) is 19.8 Å². The highest BCUT2D eigenvalue weighted by molar-refractivity contribution is 5.87. The van der Waals surface area contributed by atoms with Crippen LogP contribution < -0.4 is 10.5 Å². The first-order valence-corrected chi connectivity index (χ1v) is 4.44. The van der Waals surface area contributed by atoms with E-state index < -0.39 is 23.8 Å². The fourth-order valence-electron chi connectivity index (χ4n) is 1.27. The van der Waals surface area contributed by atoms with Gasteiger partial charge in [-0.25, -0.2) is 9.78 Å². The zero-order valence-electron chi connectivity index (χ0n) is 8.71. The molecule has 0 aliphatic carbocycles. The summed E-state index contributed by atoms with van der Waals surface area (Å²) < 4.78 is 40.2. The maximum atomic E-state index is 12.1. The fourth-order valence-corrected chi connectivity index (χ4v) is 1.27. The minimum atomic E-state index is -4.91. The van der Waals surface area contributed by atoms with Crippen LogP contribution in [-0.2, 0) is 6.54 Å². The highest BCUT2D eigenvalue weighted by Gasteiger charge is 2.33. The second-order valence-electron chi connectivity index (χ2n) is 3.14. The summed E-state index contributed by atoms with van der Waals surface area (Å²) in [5.74, 6) is -2.04. The number of carboxylic acids is 1. The molecule has 3 N–H and O–H groups in total. The Hall–Kier alpha value is -1.83. The molecule has 5 nitrogen and oxygen atoms in total. The lowest BCUT2D eigenvalue weighted by Crippen LogP contribution is -2.21. The molecule has 0 spiro atoms. The van der Waals surface area contributed by atoms with Gasteiger partial charge in [0.1, 0.15) is 5.75 Å². The number of aromatic carboxylic acids is 1. The van der Waals surface area contributed by atoms with Crippen LogP contribution in [0.25, 0.3) is 0 Å². The highest BCUT2D eigenvalue weighted by atomic mass is 19.4. The van der Waals surface area contributed by atoms with Crippen LogP contribution in [0.5, 0.6) is 5.75 Å². The lowest BCUT2D eigenvalue weighted by atomic mass is 10.1. The average Bonchev–Trinajstić information content (AvgIpc) is 2.18. The van der Waals surface area contributed by atoms with Gasteiger partial charge in [0.25, 0.3) is 0 Å². The Bertz CT molecular complexity index is 446. The van der Waals surface area contributed by atoms with Crippen molar-refractivity contribution in [1.82, 2.24) is 4.98 Å². The minimum Gasteiger partial charge on any atom is -0.477 e. The third-order valence-electron chi connectivity index (χ3n) is 1.98. The molecule has 0 saturated heterocycles. The first-order chi connectivity index (χ1) is 7.76. The predicted octanol–water partition coefficient (Wildman–Crippen LogP) is 1.45. The number of alkyl halides is 3. The van der Waals surface area contributed by atoms with Crippen molar-refractivity contribution in [3.8, 4) is 5.75 Å². The summed E-state index contributed by atoms with van der Waals surface area (Å²) in [7, 11) is 0. The van der Waals surface area contributed by atoms with Crippen molar-refractivity contribution in [3.63, 3.8) is 0 Å². The zero-order chi connectivity index (χ0) is 13.2. The number of carbonyl (C=O) groups is 1. The second kappa shape index (κ2) is 4.58. The van der Waals surface area contributed by atoms with Crippen molar-refractivity contribution in [2.24, 2.45) is 5.73 Å². The Morgan fingerprint density at radius 2 is 2.18 bits per heavy atom. The Morgan fingerprint density at radius 3 is 2.59 bits per heavy atom. The molecule has 0 saturated carbocycles. The Morgan fingerprint density at radius 1 is 1.59 bits per heavy atom. The van der Waals surface area contributed by atoms with Crippen molar-refractivity contribution >= 4 is 5.97 Å². The van der Waals surface area contributed by atoms with Crippen LogP contribution in [0.1, 0.15) is 21.6 Å². The Labute approximate surface area is 94.0 Å². The molecule has 0 aliphatic rings. The van der Waals surface area contributed by atoms with Crippen LogP contribution in [0.15, 0.2) is 6.20 Å². The summed E-state index contributed by atoms with van der Waals surface area (Å²) in [4.78, 5) is 14.2. The van der Waals surface area contributed by atoms with E-state index in [1.807, 2.05) is 0 Å². The van der Waals surface area contributed by atoms with E-state index in [9.17, 15) is 18.0 Å². The van der Waals surface area contributed by atoms with E-state index in [2.05, 4.69) is 9.72 Å². The summed E-state index contributed by atoms with van der Waals surface area (Å²) in [5.41, 5.74) is 4.51. The maximum absolute atomic E-state index is 12.1. The van der Waals surface area contributed by atoms with Gasteiger partial charge in [-0.05, 0) is 6.92 Å². The van der Waals surface area contributed by atoms with Crippen LogP contribution in [0.3, 0.4) is 0 Å². The SMILES string of the molecule is Cc1c(C(=O)O)ncc(CN)c1OC(F)(F)F. The molecule has 0 unspecified atom stereocenters. The number of pyridine rings is 1. The molecule has 1 aromatic rings. The number of nitrogens with zero attached hydrogens (tertiary/aromatic N) is 1. The van der Waals surface area contributed by atoms with Gasteiger partial charge in [0.05, 0.1) is 0 Å². The van der Waals surface area contributed by atoms with Gasteiger partial charge in [0.2, 0.25) is 0 Å². The molecule has 8 heteroatoms. The molecule has 94 valence electrons. The van der Waals surface area contributed by atoms with Crippen molar-refractivity contribution in [3.05, 3.63) is 23.0 Å². The van der Waals surface area contributed by atoms with E-state index in [-0.39, 0.29) is 17.7 Å². The van der Waals surface area contributed by atoms with Gasteiger partial charge in [0, 0.05) is 23.9 Å². The Balaban J connectivity index is 3.32. The van der Waals surface area contributed by atoms with E-state index in [4.69, 9.17) is 10.8 Å². The molecule has 0 amide bonds. The smallest absolute Gasteiger partial charge is 0.477 e. The van der Waals surface area contributed by atoms with Crippen molar-refractivity contribution < 1.29 is 27.8 Å². The number of ether oxygens (including phenoxy) is 1. The van der Waals surface area contributed by atoms with Gasteiger partial charge >= 0.3 is 12.3 Å². The predicted molar refractivity (Wildman–Crippen MR) is 50.5 cm³/mol. The molecule has 0 aliphatic heterocycles. The number of carboxylic acid groups (broad SMARTS) is 1. The van der Waals surface area contributed by atoms with E-state index in [1.165, 1.54) is 6.92 Å². The van der Waals surface area contributed by atoms with Gasteiger partial charge in [-0.3, -0.25) is 0 Å². The second-order valence-corrected chi connectivity index (χ2v) is 3.14. The zero-order valence-corrected chi connectivity index (χ0v) is 8.71. The number of hydrogen-bond acceptors (Lipinski definition) is 4. The highest BCUT2D eigenvalue weighted by Crippen LogP contribution is 2.30. The third kappa shape index (κ3) is 3.06. The van der Waals surface area contributed by atoms with E-state index in [0.29, 0.717) is 0 Å². The summed E-state index contributed by atoms with van der Waals surface area (Å²) >= 11 is 0. The number of rotatable bonds is 3. The molecule has 1 heterocycles. The average molecular weight is 250 g/mol. The summed E-state index contributed by atoms with van der Waals surface area (Å²) in [5, 5.41) is 8.72. The Kier molecular flexibility index (Phi) is 3.56. The molecular weight excluding hydrogens is 241 g/mol. The van der Waals surface area contributed by atoms with Crippen LogP contribution in [0.4, 0.5) is 13.2 Å². The maximum Gasteiger partial charge on any atom is 0.573 e. The molecule has 0 radical (unpaired) electrons. The molecule has 0 fully saturated rings.